The molecular formula is C20H36N4O2. The lowest BCUT2D eigenvalue weighted by molar-refractivity contribution is -0.136. The van der Waals surface area contributed by atoms with E-state index in [1.54, 1.807) is 0 Å². The number of amides is 3. The van der Waals surface area contributed by atoms with Crippen LogP contribution in [-0.2, 0) is 4.79 Å². The van der Waals surface area contributed by atoms with Crippen LogP contribution in [0.2, 0.25) is 0 Å². The molecule has 6 heteroatoms. The molecule has 3 aliphatic rings. The summed E-state index contributed by atoms with van der Waals surface area (Å²) in [6.45, 7) is 0. The second-order valence-corrected chi connectivity index (χ2v) is 8.62. The summed E-state index contributed by atoms with van der Waals surface area (Å²) < 4.78 is 0. The molecule has 4 N–H and O–H groups in total. The minimum atomic E-state index is -0.391. The average molecular weight is 365 g/mol. The molecule has 3 aliphatic carbocycles. The second kappa shape index (κ2) is 9.07. The van der Waals surface area contributed by atoms with Crippen molar-refractivity contribution in [2.75, 3.05) is 7.05 Å². The molecule has 0 aromatic rings. The topological polar surface area (TPSA) is 87.5 Å². The number of likely N-dealkylation sites (N-methyl/N-ethyl adjacent to an activating group) is 1. The van der Waals surface area contributed by atoms with Gasteiger partial charge >= 0.3 is 6.03 Å². The molecule has 0 aromatic carbocycles. The molecular weight excluding hydrogens is 328 g/mol. The van der Waals surface area contributed by atoms with Crippen molar-refractivity contribution < 1.29 is 9.59 Å². The molecule has 3 amide bonds. The Morgan fingerprint density at radius 2 is 1.42 bits per heavy atom. The van der Waals surface area contributed by atoms with Crippen molar-refractivity contribution in [3.8, 4) is 0 Å². The Balaban J connectivity index is 1.37. The molecule has 0 heterocycles. The molecule has 6 nitrogen and oxygen atoms in total. The van der Waals surface area contributed by atoms with E-state index < -0.39 is 6.04 Å². The van der Waals surface area contributed by atoms with Crippen molar-refractivity contribution in [2.45, 2.75) is 101 Å². The lowest BCUT2D eigenvalue weighted by atomic mass is 9.81. The Morgan fingerprint density at radius 3 is 1.96 bits per heavy atom. The number of hydrogen-bond donors (Lipinski definition) is 3. The third-order valence-electron chi connectivity index (χ3n) is 6.81. The smallest absolute Gasteiger partial charge is 0.315 e. The van der Waals surface area contributed by atoms with Gasteiger partial charge in [-0.25, -0.2) is 4.79 Å². The third kappa shape index (κ3) is 4.90. The maximum Gasteiger partial charge on any atom is 0.315 e. The van der Waals surface area contributed by atoms with E-state index in [9.17, 15) is 9.59 Å². The van der Waals surface area contributed by atoms with Crippen LogP contribution >= 0.6 is 0 Å². The van der Waals surface area contributed by atoms with E-state index in [1.807, 2.05) is 11.9 Å². The van der Waals surface area contributed by atoms with Gasteiger partial charge in [0.2, 0.25) is 5.91 Å². The fourth-order valence-corrected chi connectivity index (χ4v) is 4.67. The first-order valence-electron chi connectivity index (χ1n) is 10.6. The molecule has 148 valence electrons. The van der Waals surface area contributed by atoms with Crippen LogP contribution in [0.1, 0.15) is 77.0 Å². The number of urea groups is 1. The molecule has 1 atom stereocenters. The predicted molar refractivity (Wildman–Crippen MR) is 103 cm³/mol. The zero-order valence-electron chi connectivity index (χ0n) is 16.2. The molecule has 3 rings (SSSR count). The summed E-state index contributed by atoms with van der Waals surface area (Å²) in [7, 11) is 1.90. The zero-order valence-corrected chi connectivity index (χ0v) is 16.2. The molecule has 26 heavy (non-hydrogen) atoms. The van der Waals surface area contributed by atoms with Gasteiger partial charge in [0.25, 0.3) is 0 Å². The SMILES string of the molecule is CN(C(=O)[C@@H](N)C1CCC(NC(=O)NC2CCCCC2)CC1)C1CCC1. The van der Waals surface area contributed by atoms with E-state index in [0.717, 1.165) is 51.4 Å². The van der Waals surface area contributed by atoms with E-state index in [1.165, 1.54) is 25.7 Å². The van der Waals surface area contributed by atoms with Crippen molar-refractivity contribution in [1.82, 2.24) is 15.5 Å². The zero-order chi connectivity index (χ0) is 18.5. The molecule has 0 unspecified atom stereocenters. The summed E-state index contributed by atoms with van der Waals surface area (Å²) in [5.74, 6) is 0.339. The Kier molecular flexibility index (Phi) is 6.79. The first-order chi connectivity index (χ1) is 12.5. The van der Waals surface area contributed by atoms with Crippen LogP contribution in [0, 0.1) is 5.92 Å². The number of nitrogens with zero attached hydrogens (tertiary/aromatic N) is 1. The first kappa shape index (κ1) is 19.5. The second-order valence-electron chi connectivity index (χ2n) is 8.62. The minimum Gasteiger partial charge on any atom is -0.341 e. The number of carbonyl (C=O) groups excluding carboxylic acids is 2. The Morgan fingerprint density at radius 1 is 0.846 bits per heavy atom. The number of rotatable bonds is 5. The molecule has 0 spiro atoms. The molecule has 3 fully saturated rings. The van der Waals surface area contributed by atoms with Crippen molar-refractivity contribution in [1.29, 1.82) is 0 Å². The average Bonchev–Trinajstić information content (AvgIpc) is 2.60. The highest BCUT2D eigenvalue weighted by atomic mass is 16.2. The Bertz CT molecular complexity index is 480. The molecule has 0 radical (unpaired) electrons. The third-order valence-corrected chi connectivity index (χ3v) is 6.81. The summed E-state index contributed by atoms with van der Waals surface area (Å²) in [5, 5.41) is 6.25. The number of hydrogen-bond acceptors (Lipinski definition) is 3. The van der Waals surface area contributed by atoms with Gasteiger partial charge in [0, 0.05) is 25.2 Å². The Hall–Kier alpha value is -1.30. The summed E-state index contributed by atoms with van der Waals surface area (Å²) in [4.78, 5) is 26.6. The quantitative estimate of drug-likeness (QED) is 0.700. The van der Waals surface area contributed by atoms with Gasteiger partial charge in [-0.3, -0.25) is 4.79 Å². The number of nitrogens with two attached hydrogens (primary N) is 1. The lowest BCUT2D eigenvalue weighted by Gasteiger charge is -2.39. The molecule has 0 aliphatic heterocycles. The normalized spacial score (nSPS) is 28.7. The largest absolute Gasteiger partial charge is 0.341 e. The Labute approximate surface area is 157 Å². The van der Waals surface area contributed by atoms with Crippen molar-refractivity contribution in [3.05, 3.63) is 0 Å². The van der Waals surface area contributed by atoms with E-state index in [2.05, 4.69) is 10.6 Å². The van der Waals surface area contributed by atoms with Crippen LogP contribution in [0.3, 0.4) is 0 Å². The number of nitrogens with one attached hydrogen (secondary N) is 2. The van der Waals surface area contributed by atoms with E-state index >= 15 is 0 Å². The highest BCUT2D eigenvalue weighted by molar-refractivity contribution is 5.82. The standard InChI is InChI=1S/C20H36N4O2/c1-24(17-8-5-9-17)19(25)18(21)14-10-12-16(13-11-14)23-20(26)22-15-6-3-2-4-7-15/h14-18H,2-13,21H2,1H3,(H2,22,23,26)/t14?,16?,18-/m0/s1. The molecule has 3 saturated carbocycles. The van der Waals surface area contributed by atoms with Crippen molar-refractivity contribution >= 4 is 11.9 Å². The van der Waals surface area contributed by atoms with Crippen LogP contribution in [0.15, 0.2) is 0 Å². The van der Waals surface area contributed by atoms with Gasteiger partial charge in [0.15, 0.2) is 0 Å². The van der Waals surface area contributed by atoms with E-state index in [-0.39, 0.29) is 23.9 Å². The molecule has 0 aromatic heterocycles. The van der Waals surface area contributed by atoms with Gasteiger partial charge < -0.3 is 21.3 Å². The van der Waals surface area contributed by atoms with Crippen molar-refractivity contribution in [2.24, 2.45) is 11.7 Å². The fraction of sp³-hybridized carbons (Fsp3) is 0.900. The van der Waals surface area contributed by atoms with Gasteiger partial charge in [0.05, 0.1) is 6.04 Å². The highest BCUT2D eigenvalue weighted by Crippen LogP contribution is 2.29. The van der Waals surface area contributed by atoms with Gasteiger partial charge in [-0.2, -0.15) is 0 Å². The summed E-state index contributed by atoms with van der Waals surface area (Å²) in [6.07, 6.45) is 13.0. The summed E-state index contributed by atoms with van der Waals surface area (Å²) in [6, 6.07) is 0.535. The van der Waals surface area contributed by atoms with E-state index in [0.29, 0.717) is 12.1 Å². The lowest BCUT2D eigenvalue weighted by Crippen LogP contribution is -2.53. The minimum absolute atomic E-state index is 0.0227. The van der Waals surface area contributed by atoms with Gasteiger partial charge in [-0.15, -0.1) is 0 Å². The highest BCUT2D eigenvalue weighted by Gasteiger charge is 2.34. The van der Waals surface area contributed by atoms with Crippen LogP contribution in [0.4, 0.5) is 4.79 Å². The molecule has 0 saturated heterocycles. The molecule has 0 bridgehead atoms. The van der Waals surface area contributed by atoms with Crippen LogP contribution < -0.4 is 16.4 Å². The van der Waals surface area contributed by atoms with Gasteiger partial charge in [0.1, 0.15) is 0 Å². The monoisotopic (exact) mass is 364 g/mol. The predicted octanol–water partition coefficient (Wildman–Crippen LogP) is 2.52. The van der Waals surface area contributed by atoms with Crippen LogP contribution in [0.5, 0.6) is 0 Å². The maximum atomic E-state index is 12.6. The van der Waals surface area contributed by atoms with Crippen LogP contribution in [0.25, 0.3) is 0 Å². The van der Waals surface area contributed by atoms with Gasteiger partial charge in [-0.05, 0) is 63.7 Å². The maximum absolute atomic E-state index is 12.6. The number of carbonyl (C=O) groups is 2. The summed E-state index contributed by atoms with van der Waals surface area (Å²) >= 11 is 0. The van der Waals surface area contributed by atoms with Crippen LogP contribution in [-0.4, -0.2) is 48.1 Å². The van der Waals surface area contributed by atoms with Crippen molar-refractivity contribution in [3.63, 3.8) is 0 Å². The fourth-order valence-electron chi connectivity index (χ4n) is 4.67. The first-order valence-corrected chi connectivity index (χ1v) is 10.6. The van der Waals surface area contributed by atoms with Gasteiger partial charge in [-0.1, -0.05) is 19.3 Å². The summed E-state index contributed by atoms with van der Waals surface area (Å²) in [5.41, 5.74) is 6.29. The van der Waals surface area contributed by atoms with E-state index in [4.69, 9.17) is 5.73 Å².